The Labute approximate surface area is 144 Å². The SMILES string of the molecule is CC(=O)[O-].CCCC[P+](CCCC)(CCCC)c1ccccc1. The summed E-state index contributed by atoms with van der Waals surface area (Å²) in [5, 5.41) is 10.6. The lowest BCUT2D eigenvalue weighted by molar-refractivity contribution is -0.302. The molecule has 1 rings (SSSR count). The van der Waals surface area contributed by atoms with Gasteiger partial charge in [-0.3, -0.25) is 0 Å². The van der Waals surface area contributed by atoms with Crippen LogP contribution in [0.25, 0.3) is 0 Å². The maximum absolute atomic E-state index is 8.89. The molecule has 1 aromatic rings. The molecule has 0 heterocycles. The first-order valence-corrected chi connectivity index (χ1v) is 11.5. The number of carbonyl (C=O) groups is 1. The van der Waals surface area contributed by atoms with Crippen molar-refractivity contribution in [1.82, 2.24) is 0 Å². The van der Waals surface area contributed by atoms with Gasteiger partial charge in [0, 0.05) is 13.2 Å². The van der Waals surface area contributed by atoms with Gasteiger partial charge in [0.25, 0.3) is 0 Å². The highest BCUT2D eigenvalue weighted by atomic mass is 31.2. The van der Waals surface area contributed by atoms with Crippen LogP contribution < -0.4 is 10.4 Å². The summed E-state index contributed by atoms with van der Waals surface area (Å²) in [6.45, 7) is 7.97. The predicted molar refractivity (Wildman–Crippen MR) is 103 cm³/mol. The van der Waals surface area contributed by atoms with Crippen molar-refractivity contribution in [3.05, 3.63) is 30.3 Å². The first kappa shape index (κ1) is 22.1. The van der Waals surface area contributed by atoms with E-state index >= 15 is 0 Å². The van der Waals surface area contributed by atoms with Gasteiger partial charge in [0.15, 0.2) is 0 Å². The van der Waals surface area contributed by atoms with Crippen LogP contribution in [-0.2, 0) is 4.79 Å². The standard InChI is InChI=1S/C18H32P.C2H4O2/c1-4-7-15-19(16-8-5-2,17-9-6-3)18-13-11-10-12-14-18;1-2(3)4/h10-14H,4-9,15-17H2,1-3H3;1H3,(H,3,4)/q+1;/p-1. The number of carboxylic acids is 1. The van der Waals surface area contributed by atoms with E-state index in [0.29, 0.717) is 0 Å². The average molecular weight is 338 g/mol. The van der Waals surface area contributed by atoms with Gasteiger partial charge in [-0.1, -0.05) is 58.2 Å². The molecule has 3 heteroatoms. The average Bonchev–Trinajstić information content (AvgIpc) is 2.55. The maximum atomic E-state index is 8.89. The molecule has 0 fully saturated rings. The Morgan fingerprint density at radius 3 is 1.52 bits per heavy atom. The lowest BCUT2D eigenvalue weighted by Gasteiger charge is -2.27. The highest BCUT2D eigenvalue weighted by Crippen LogP contribution is 2.59. The minimum Gasteiger partial charge on any atom is -0.550 e. The van der Waals surface area contributed by atoms with Crippen molar-refractivity contribution in [2.75, 3.05) is 18.5 Å². The van der Waals surface area contributed by atoms with Crippen LogP contribution in [0.1, 0.15) is 66.2 Å². The zero-order valence-electron chi connectivity index (χ0n) is 15.5. The summed E-state index contributed by atoms with van der Waals surface area (Å²) in [4.78, 5) is 8.89. The van der Waals surface area contributed by atoms with Crippen molar-refractivity contribution in [2.24, 2.45) is 0 Å². The zero-order valence-corrected chi connectivity index (χ0v) is 16.4. The van der Waals surface area contributed by atoms with Crippen LogP contribution in [0.4, 0.5) is 0 Å². The van der Waals surface area contributed by atoms with Crippen molar-refractivity contribution >= 4 is 18.5 Å². The number of hydrogen-bond donors (Lipinski definition) is 0. The molecule has 0 aromatic heterocycles. The number of rotatable bonds is 10. The van der Waals surface area contributed by atoms with Gasteiger partial charge in [-0.25, -0.2) is 0 Å². The fraction of sp³-hybridized carbons (Fsp3) is 0.650. The van der Waals surface area contributed by atoms with Gasteiger partial charge >= 0.3 is 0 Å². The van der Waals surface area contributed by atoms with Crippen LogP contribution in [0.5, 0.6) is 0 Å². The Bertz CT molecular complexity index is 378. The third-order valence-corrected chi connectivity index (χ3v) is 9.03. The lowest BCUT2D eigenvalue weighted by Crippen LogP contribution is -2.20. The van der Waals surface area contributed by atoms with Crippen LogP contribution in [-0.4, -0.2) is 24.5 Å². The first-order chi connectivity index (χ1) is 11.0. The molecule has 0 unspecified atom stereocenters. The fourth-order valence-corrected chi connectivity index (χ4v) is 7.86. The van der Waals surface area contributed by atoms with E-state index in [1.165, 1.54) is 57.0 Å². The Morgan fingerprint density at radius 1 is 0.870 bits per heavy atom. The number of carbonyl (C=O) groups excluding carboxylic acids is 1. The van der Waals surface area contributed by atoms with Gasteiger partial charge in [0.1, 0.15) is 0 Å². The van der Waals surface area contributed by atoms with Gasteiger partial charge in [-0.15, -0.1) is 0 Å². The van der Waals surface area contributed by atoms with E-state index < -0.39 is 13.2 Å². The van der Waals surface area contributed by atoms with E-state index in [4.69, 9.17) is 9.90 Å². The molecule has 1 aromatic carbocycles. The van der Waals surface area contributed by atoms with Crippen molar-refractivity contribution in [3.63, 3.8) is 0 Å². The summed E-state index contributed by atoms with van der Waals surface area (Å²) in [7, 11) is -0.898. The number of benzene rings is 1. The van der Waals surface area contributed by atoms with Crippen molar-refractivity contribution < 1.29 is 9.90 Å². The highest BCUT2D eigenvalue weighted by Gasteiger charge is 2.37. The quantitative estimate of drug-likeness (QED) is 0.590. The second-order valence-corrected chi connectivity index (χ2v) is 10.4. The van der Waals surface area contributed by atoms with Crippen LogP contribution >= 0.6 is 7.26 Å². The Morgan fingerprint density at radius 2 is 1.22 bits per heavy atom. The maximum Gasteiger partial charge on any atom is 0.0939 e. The Hall–Kier alpha value is -0.880. The number of unbranched alkanes of at least 4 members (excludes halogenated alkanes) is 3. The summed E-state index contributed by atoms with van der Waals surface area (Å²) in [5.74, 6) is -1.08. The number of aliphatic carboxylic acids is 1. The summed E-state index contributed by atoms with van der Waals surface area (Å²) in [5.41, 5.74) is 0. The zero-order chi connectivity index (χ0) is 17.6. The summed E-state index contributed by atoms with van der Waals surface area (Å²) in [6, 6.07) is 11.5. The predicted octanol–water partition coefficient (Wildman–Crippen LogP) is 4.49. The van der Waals surface area contributed by atoms with Gasteiger partial charge in [0.2, 0.25) is 0 Å². The minimum atomic E-state index is -1.08. The summed E-state index contributed by atoms with van der Waals surface area (Å²) in [6.07, 6.45) is 12.7. The van der Waals surface area contributed by atoms with Gasteiger partial charge in [-0.05, 0) is 38.3 Å². The molecular weight excluding hydrogens is 303 g/mol. The second-order valence-electron chi connectivity index (χ2n) is 6.20. The Kier molecular flexibility index (Phi) is 13.0. The third-order valence-electron chi connectivity index (χ3n) is 4.12. The van der Waals surface area contributed by atoms with Crippen molar-refractivity contribution in [2.45, 2.75) is 66.2 Å². The summed E-state index contributed by atoms with van der Waals surface area (Å²) >= 11 is 0. The molecule has 0 aliphatic carbocycles. The Balaban J connectivity index is 0.00000108. The number of carboxylic acid groups (broad SMARTS) is 1. The van der Waals surface area contributed by atoms with Gasteiger partial charge in [-0.2, -0.15) is 0 Å². The number of hydrogen-bond acceptors (Lipinski definition) is 2. The summed E-state index contributed by atoms with van der Waals surface area (Å²) < 4.78 is 0. The fourth-order valence-electron chi connectivity index (χ4n) is 2.85. The molecule has 2 nitrogen and oxygen atoms in total. The third kappa shape index (κ3) is 9.76. The molecule has 0 aliphatic rings. The van der Waals surface area contributed by atoms with Crippen molar-refractivity contribution in [3.8, 4) is 0 Å². The van der Waals surface area contributed by atoms with Crippen LogP contribution in [0.2, 0.25) is 0 Å². The van der Waals surface area contributed by atoms with Gasteiger partial charge in [0.05, 0.1) is 23.8 Å². The molecule has 0 radical (unpaired) electrons. The molecule has 0 amide bonds. The molecule has 0 atom stereocenters. The molecule has 0 bridgehead atoms. The molecule has 0 spiro atoms. The topological polar surface area (TPSA) is 40.1 Å². The molecular formula is C20H35O2P. The highest BCUT2D eigenvalue weighted by molar-refractivity contribution is 7.82. The molecule has 0 saturated heterocycles. The van der Waals surface area contributed by atoms with E-state index in [2.05, 4.69) is 51.1 Å². The molecule has 0 saturated carbocycles. The van der Waals surface area contributed by atoms with Gasteiger partial charge < -0.3 is 9.90 Å². The molecule has 0 aliphatic heterocycles. The smallest absolute Gasteiger partial charge is 0.0939 e. The van der Waals surface area contributed by atoms with Crippen molar-refractivity contribution in [1.29, 1.82) is 0 Å². The largest absolute Gasteiger partial charge is 0.550 e. The first-order valence-electron chi connectivity index (χ1n) is 9.11. The normalized spacial score (nSPS) is 10.8. The van der Waals surface area contributed by atoms with E-state index in [1.54, 1.807) is 5.30 Å². The second kappa shape index (κ2) is 13.5. The van der Waals surface area contributed by atoms with E-state index in [-0.39, 0.29) is 0 Å². The van der Waals surface area contributed by atoms with E-state index in [0.717, 1.165) is 6.92 Å². The van der Waals surface area contributed by atoms with Crippen LogP contribution in [0, 0.1) is 0 Å². The van der Waals surface area contributed by atoms with Crippen LogP contribution in [0.15, 0.2) is 30.3 Å². The van der Waals surface area contributed by atoms with E-state index in [1.807, 2.05) is 0 Å². The molecule has 132 valence electrons. The monoisotopic (exact) mass is 338 g/mol. The molecule has 0 N–H and O–H groups in total. The van der Waals surface area contributed by atoms with Crippen LogP contribution in [0.3, 0.4) is 0 Å². The molecule has 23 heavy (non-hydrogen) atoms. The minimum absolute atomic E-state index is 0.898. The lowest BCUT2D eigenvalue weighted by atomic mass is 10.4. The van der Waals surface area contributed by atoms with E-state index in [9.17, 15) is 0 Å².